The molecule has 0 heterocycles. The summed E-state index contributed by atoms with van der Waals surface area (Å²) in [5.74, 6) is 1.70. The van der Waals surface area contributed by atoms with Crippen LogP contribution in [0.3, 0.4) is 0 Å². The number of allylic oxidation sites excluding steroid dienone is 4. The predicted octanol–water partition coefficient (Wildman–Crippen LogP) is 3.75. The summed E-state index contributed by atoms with van der Waals surface area (Å²) in [5.41, 5.74) is 0.749. The number of Topliss-reactive ketones (excluding diaryl/α,β-unsaturated/α-hetero) is 1. The van der Waals surface area contributed by atoms with Gasteiger partial charge in [0.05, 0.1) is 5.76 Å². The lowest BCUT2D eigenvalue weighted by atomic mass is 9.49. The Bertz CT molecular complexity index is 629. The van der Waals surface area contributed by atoms with Crippen molar-refractivity contribution in [3.8, 4) is 0 Å². The second-order valence-electron chi connectivity index (χ2n) is 8.21. The summed E-state index contributed by atoms with van der Waals surface area (Å²) in [7, 11) is 0. The highest BCUT2D eigenvalue weighted by Crippen LogP contribution is 2.63. The molecule has 5 atom stereocenters. The molecule has 4 aliphatic rings. The van der Waals surface area contributed by atoms with Gasteiger partial charge in [0, 0.05) is 24.2 Å². The molecule has 3 heteroatoms. The van der Waals surface area contributed by atoms with Crippen LogP contribution < -0.4 is 0 Å². The first-order valence-corrected chi connectivity index (χ1v) is 8.55. The first kappa shape index (κ1) is 14.2. The van der Waals surface area contributed by atoms with Gasteiger partial charge in [-0.3, -0.25) is 9.59 Å². The highest BCUT2D eigenvalue weighted by molar-refractivity contribution is 5.92. The van der Waals surface area contributed by atoms with E-state index in [1.165, 1.54) is 0 Å². The molecule has 3 nitrogen and oxygen atoms in total. The molecule has 0 aliphatic heterocycles. The molecule has 2 fully saturated rings. The Morgan fingerprint density at radius 2 is 1.73 bits per heavy atom. The minimum Gasteiger partial charge on any atom is -0.512 e. The van der Waals surface area contributed by atoms with E-state index in [0.717, 1.165) is 31.3 Å². The Labute approximate surface area is 131 Å². The molecule has 2 saturated carbocycles. The fourth-order valence-corrected chi connectivity index (χ4v) is 5.84. The molecule has 4 aliphatic carbocycles. The summed E-state index contributed by atoms with van der Waals surface area (Å²) in [5, 5.41) is 10.7. The van der Waals surface area contributed by atoms with Crippen LogP contribution in [0.25, 0.3) is 0 Å². The highest BCUT2D eigenvalue weighted by atomic mass is 16.3. The first-order valence-electron chi connectivity index (χ1n) is 8.55. The molecule has 0 unspecified atom stereocenters. The third-order valence-electron chi connectivity index (χ3n) is 7.31. The van der Waals surface area contributed by atoms with Crippen molar-refractivity contribution in [3.05, 3.63) is 23.5 Å². The van der Waals surface area contributed by atoms with Gasteiger partial charge in [0.15, 0.2) is 5.78 Å². The van der Waals surface area contributed by atoms with Crippen LogP contribution in [0.2, 0.25) is 0 Å². The maximum Gasteiger partial charge on any atom is 0.156 e. The van der Waals surface area contributed by atoms with Gasteiger partial charge < -0.3 is 5.11 Å². The molecule has 0 saturated heterocycles. The molecule has 0 spiro atoms. The van der Waals surface area contributed by atoms with Gasteiger partial charge in [-0.2, -0.15) is 0 Å². The van der Waals surface area contributed by atoms with Crippen molar-refractivity contribution in [2.45, 2.75) is 52.4 Å². The first-order chi connectivity index (χ1) is 10.4. The van der Waals surface area contributed by atoms with E-state index in [0.29, 0.717) is 30.3 Å². The molecule has 0 amide bonds. The third kappa shape index (κ3) is 1.63. The fraction of sp³-hybridized carbons (Fsp3) is 0.684. The summed E-state index contributed by atoms with van der Waals surface area (Å²) in [4.78, 5) is 24.1. The zero-order valence-corrected chi connectivity index (χ0v) is 13.4. The Hall–Kier alpha value is -1.38. The SMILES string of the molecule is C[C@]12CCC(=O)C=C1C=C(O)[C@@H]1[C@@H]2CC[C@]2(C)C(=O)CC[C@@H]12. The van der Waals surface area contributed by atoms with Crippen LogP contribution in [0, 0.1) is 28.6 Å². The molecule has 118 valence electrons. The summed E-state index contributed by atoms with van der Waals surface area (Å²) in [6.07, 6.45) is 8.54. The van der Waals surface area contributed by atoms with Crippen molar-refractivity contribution >= 4 is 11.6 Å². The normalized spacial score (nSPS) is 47.3. The number of fused-ring (bicyclic) bond motifs is 5. The minimum absolute atomic E-state index is 0.0161. The molecule has 4 rings (SSSR count). The van der Waals surface area contributed by atoms with E-state index in [4.69, 9.17) is 0 Å². The van der Waals surface area contributed by atoms with E-state index in [9.17, 15) is 14.7 Å². The maximum atomic E-state index is 12.4. The molecule has 0 bridgehead atoms. The van der Waals surface area contributed by atoms with Crippen LogP contribution in [0.4, 0.5) is 0 Å². The minimum atomic E-state index is -0.245. The predicted molar refractivity (Wildman–Crippen MR) is 83.2 cm³/mol. The lowest BCUT2D eigenvalue weighted by Gasteiger charge is -2.55. The van der Waals surface area contributed by atoms with Crippen LogP contribution in [-0.4, -0.2) is 16.7 Å². The zero-order chi connectivity index (χ0) is 15.7. The molecule has 1 N–H and O–H groups in total. The molecule has 22 heavy (non-hydrogen) atoms. The van der Waals surface area contributed by atoms with Crippen LogP contribution in [0.1, 0.15) is 52.4 Å². The molecule has 0 aromatic heterocycles. The second-order valence-corrected chi connectivity index (χ2v) is 8.21. The summed E-state index contributed by atoms with van der Waals surface area (Å²) in [6, 6.07) is 0. The van der Waals surface area contributed by atoms with E-state index in [1.54, 1.807) is 6.08 Å². The van der Waals surface area contributed by atoms with Crippen LogP contribution in [-0.2, 0) is 9.59 Å². The quantitative estimate of drug-likeness (QED) is 0.741. The number of ketones is 2. The average Bonchev–Trinajstić information content (AvgIpc) is 2.77. The van der Waals surface area contributed by atoms with Gasteiger partial charge in [0.1, 0.15) is 5.78 Å². The van der Waals surface area contributed by atoms with Gasteiger partial charge >= 0.3 is 0 Å². The number of aliphatic hydroxyl groups is 1. The van der Waals surface area contributed by atoms with Crippen LogP contribution in [0.15, 0.2) is 23.5 Å². The highest BCUT2D eigenvalue weighted by Gasteiger charge is 2.60. The molecule has 0 aromatic carbocycles. The van der Waals surface area contributed by atoms with Crippen LogP contribution in [0.5, 0.6) is 0 Å². The average molecular weight is 300 g/mol. The Balaban J connectivity index is 1.82. The Morgan fingerprint density at radius 1 is 1.00 bits per heavy atom. The smallest absolute Gasteiger partial charge is 0.156 e. The Kier molecular flexibility index (Phi) is 2.80. The molecule has 0 radical (unpaired) electrons. The largest absolute Gasteiger partial charge is 0.512 e. The number of hydrogen-bond donors (Lipinski definition) is 1. The van der Waals surface area contributed by atoms with Crippen molar-refractivity contribution < 1.29 is 14.7 Å². The van der Waals surface area contributed by atoms with Gasteiger partial charge in [-0.1, -0.05) is 13.8 Å². The number of rotatable bonds is 0. The maximum absolute atomic E-state index is 12.4. The van der Waals surface area contributed by atoms with Gasteiger partial charge in [-0.15, -0.1) is 0 Å². The van der Waals surface area contributed by atoms with Gasteiger partial charge in [-0.05, 0) is 60.7 Å². The number of carbonyl (C=O) groups is 2. The molecular weight excluding hydrogens is 276 g/mol. The van der Waals surface area contributed by atoms with Crippen molar-refractivity contribution in [1.82, 2.24) is 0 Å². The van der Waals surface area contributed by atoms with Gasteiger partial charge in [0.2, 0.25) is 0 Å². The number of carbonyl (C=O) groups excluding carboxylic acids is 2. The second kappa shape index (κ2) is 4.33. The summed E-state index contributed by atoms with van der Waals surface area (Å²) < 4.78 is 0. The lowest BCUT2D eigenvalue weighted by Crippen LogP contribution is -2.50. The molecular formula is C19H24O3. The lowest BCUT2D eigenvalue weighted by molar-refractivity contribution is -0.131. The monoisotopic (exact) mass is 300 g/mol. The zero-order valence-electron chi connectivity index (χ0n) is 13.4. The van der Waals surface area contributed by atoms with Crippen molar-refractivity contribution in [2.75, 3.05) is 0 Å². The van der Waals surface area contributed by atoms with E-state index in [-0.39, 0.29) is 28.4 Å². The standard InChI is InChI=1S/C19H24O3/c1-18-7-5-12(20)9-11(18)10-15(21)17-13-3-4-16(22)19(13,2)8-6-14(17)18/h9-10,13-14,17,21H,3-8H2,1-2H3/t13-,14-,17-,18-,19-/m0/s1. The molecule has 0 aromatic rings. The fourth-order valence-electron chi connectivity index (χ4n) is 5.84. The van der Waals surface area contributed by atoms with Crippen molar-refractivity contribution in [1.29, 1.82) is 0 Å². The van der Waals surface area contributed by atoms with Crippen LogP contribution >= 0.6 is 0 Å². The van der Waals surface area contributed by atoms with Gasteiger partial charge in [-0.25, -0.2) is 0 Å². The topological polar surface area (TPSA) is 54.4 Å². The summed E-state index contributed by atoms with van der Waals surface area (Å²) in [6.45, 7) is 4.36. The van der Waals surface area contributed by atoms with E-state index >= 15 is 0 Å². The number of aliphatic hydroxyl groups excluding tert-OH is 1. The Morgan fingerprint density at radius 3 is 2.50 bits per heavy atom. The number of hydrogen-bond acceptors (Lipinski definition) is 3. The third-order valence-corrected chi connectivity index (χ3v) is 7.31. The van der Waals surface area contributed by atoms with E-state index in [2.05, 4.69) is 13.8 Å². The summed E-state index contributed by atoms with van der Waals surface area (Å²) >= 11 is 0. The van der Waals surface area contributed by atoms with E-state index in [1.807, 2.05) is 6.08 Å². The van der Waals surface area contributed by atoms with Crippen molar-refractivity contribution in [2.24, 2.45) is 28.6 Å². The van der Waals surface area contributed by atoms with Gasteiger partial charge in [0.25, 0.3) is 0 Å². The van der Waals surface area contributed by atoms with E-state index < -0.39 is 0 Å². The van der Waals surface area contributed by atoms with Crippen molar-refractivity contribution in [3.63, 3.8) is 0 Å².